The van der Waals surface area contributed by atoms with Crippen molar-refractivity contribution in [2.75, 3.05) is 24.6 Å². The summed E-state index contributed by atoms with van der Waals surface area (Å²) in [6.45, 7) is 3.29. The van der Waals surface area contributed by atoms with Gasteiger partial charge in [0, 0.05) is 24.3 Å². The zero-order valence-corrected chi connectivity index (χ0v) is 13.9. The molecule has 0 saturated heterocycles. The fourth-order valence-corrected chi connectivity index (χ4v) is 3.09. The van der Waals surface area contributed by atoms with E-state index in [0.717, 1.165) is 19.4 Å². The number of fused-ring (bicyclic) bond motifs is 1. The SMILES string of the molecule is CC(=O)c1ccc(OCC(O)CN2CCCc3ccccc32)cc1. The highest BCUT2D eigenvalue weighted by molar-refractivity contribution is 5.94. The minimum Gasteiger partial charge on any atom is -0.491 e. The molecule has 1 N–H and O–H groups in total. The Morgan fingerprint density at radius 2 is 1.96 bits per heavy atom. The molecule has 0 saturated carbocycles. The highest BCUT2D eigenvalue weighted by Gasteiger charge is 2.19. The van der Waals surface area contributed by atoms with Crippen molar-refractivity contribution >= 4 is 11.5 Å². The van der Waals surface area contributed by atoms with Gasteiger partial charge < -0.3 is 14.7 Å². The van der Waals surface area contributed by atoms with Crippen LogP contribution in [0.3, 0.4) is 0 Å². The van der Waals surface area contributed by atoms with Gasteiger partial charge in [-0.05, 0) is 55.7 Å². The molecular weight excluding hydrogens is 302 g/mol. The van der Waals surface area contributed by atoms with Crippen molar-refractivity contribution in [3.05, 3.63) is 59.7 Å². The zero-order valence-electron chi connectivity index (χ0n) is 13.9. The highest BCUT2D eigenvalue weighted by Crippen LogP contribution is 2.26. The number of carbonyl (C=O) groups excluding carboxylic acids is 1. The van der Waals surface area contributed by atoms with Crippen molar-refractivity contribution in [1.29, 1.82) is 0 Å². The summed E-state index contributed by atoms with van der Waals surface area (Å²) < 4.78 is 5.64. The van der Waals surface area contributed by atoms with E-state index in [4.69, 9.17) is 4.74 Å². The van der Waals surface area contributed by atoms with Crippen LogP contribution in [0.2, 0.25) is 0 Å². The molecule has 4 nitrogen and oxygen atoms in total. The van der Waals surface area contributed by atoms with E-state index in [1.54, 1.807) is 24.3 Å². The molecule has 1 heterocycles. The molecule has 1 aliphatic heterocycles. The standard InChI is InChI=1S/C20H23NO3/c1-15(22)16-8-10-19(11-9-16)24-14-18(23)13-21-12-4-6-17-5-2-3-7-20(17)21/h2-3,5,7-11,18,23H,4,6,12-14H2,1H3. The van der Waals surface area contributed by atoms with Crippen molar-refractivity contribution in [2.45, 2.75) is 25.9 Å². The number of rotatable bonds is 6. The summed E-state index contributed by atoms with van der Waals surface area (Å²) in [6, 6.07) is 15.4. The van der Waals surface area contributed by atoms with Crippen molar-refractivity contribution in [1.82, 2.24) is 0 Å². The van der Waals surface area contributed by atoms with Gasteiger partial charge in [0.15, 0.2) is 5.78 Å². The van der Waals surface area contributed by atoms with E-state index in [0.29, 0.717) is 17.9 Å². The normalized spacial score (nSPS) is 14.8. The summed E-state index contributed by atoms with van der Waals surface area (Å²) in [5, 5.41) is 10.3. The first kappa shape index (κ1) is 16.5. The summed E-state index contributed by atoms with van der Waals surface area (Å²) >= 11 is 0. The molecular formula is C20H23NO3. The van der Waals surface area contributed by atoms with E-state index in [9.17, 15) is 9.90 Å². The third kappa shape index (κ3) is 3.95. The van der Waals surface area contributed by atoms with E-state index in [-0.39, 0.29) is 12.4 Å². The predicted octanol–water partition coefficient (Wildman–Crippen LogP) is 3.08. The quantitative estimate of drug-likeness (QED) is 0.829. The largest absolute Gasteiger partial charge is 0.491 e. The fourth-order valence-electron chi connectivity index (χ4n) is 3.09. The molecule has 4 heteroatoms. The van der Waals surface area contributed by atoms with Crippen molar-refractivity contribution in [3.8, 4) is 5.75 Å². The first-order valence-electron chi connectivity index (χ1n) is 8.38. The number of hydrogen-bond donors (Lipinski definition) is 1. The van der Waals surface area contributed by atoms with Gasteiger partial charge in [-0.15, -0.1) is 0 Å². The minimum absolute atomic E-state index is 0.0327. The molecule has 0 bridgehead atoms. The Bertz CT molecular complexity index is 696. The van der Waals surface area contributed by atoms with Crippen LogP contribution in [0.5, 0.6) is 5.75 Å². The zero-order chi connectivity index (χ0) is 16.9. The number of carbonyl (C=O) groups is 1. The van der Waals surface area contributed by atoms with Crippen molar-refractivity contribution < 1.29 is 14.6 Å². The number of Topliss-reactive ketones (excluding diaryl/α,β-unsaturated/α-hetero) is 1. The van der Waals surface area contributed by atoms with Crippen LogP contribution in [0, 0.1) is 0 Å². The van der Waals surface area contributed by atoms with Gasteiger partial charge in [-0.25, -0.2) is 0 Å². The second-order valence-electron chi connectivity index (χ2n) is 6.22. The van der Waals surface area contributed by atoms with E-state index in [1.165, 1.54) is 18.2 Å². The first-order valence-corrected chi connectivity index (χ1v) is 8.38. The number of benzene rings is 2. The Labute approximate surface area is 142 Å². The second kappa shape index (κ2) is 7.49. The number of aliphatic hydroxyl groups is 1. The van der Waals surface area contributed by atoms with Gasteiger partial charge in [0.2, 0.25) is 0 Å². The van der Waals surface area contributed by atoms with Crippen LogP contribution in [0.15, 0.2) is 48.5 Å². The van der Waals surface area contributed by atoms with Gasteiger partial charge in [-0.3, -0.25) is 4.79 Å². The number of aryl methyl sites for hydroxylation is 1. The Morgan fingerprint density at radius 3 is 2.71 bits per heavy atom. The molecule has 3 rings (SSSR count). The molecule has 1 atom stereocenters. The minimum atomic E-state index is -0.566. The number of hydrogen-bond acceptors (Lipinski definition) is 4. The summed E-state index contributed by atoms with van der Waals surface area (Å²) in [6.07, 6.45) is 1.64. The predicted molar refractivity (Wildman–Crippen MR) is 94.9 cm³/mol. The lowest BCUT2D eigenvalue weighted by Crippen LogP contribution is -2.38. The molecule has 0 fully saturated rings. The first-order chi connectivity index (χ1) is 11.6. The van der Waals surface area contributed by atoms with Gasteiger partial charge in [0.05, 0.1) is 0 Å². The van der Waals surface area contributed by atoms with Crippen LogP contribution in [0.4, 0.5) is 5.69 Å². The van der Waals surface area contributed by atoms with Crippen LogP contribution in [-0.4, -0.2) is 36.7 Å². The molecule has 0 aromatic heterocycles. The third-order valence-corrected chi connectivity index (χ3v) is 4.34. The average Bonchev–Trinajstić information content (AvgIpc) is 2.61. The fraction of sp³-hybridized carbons (Fsp3) is 0.350. The van der Waals surface area contributed by atoms with Crippen LogP contribution < -0.4 is 9.64 Å². The lowest BCUT2D eigenvalue weighted by molar-refractivity contribution is 0.101. The summed E-state index contributed by atoms with van der Waals surface area (Å²) in [5.74, 6) is 0.698. The number of ketones is 1. The van der Waals surface area contributed by atoms with Crippen LogP contribution >= 0.6 is 0 Å². The molecule has 24 heavy (non-hydrogen) atoms. The van der Waals surface area contributed by atoms with Gasteiger partial charge in [0.1, 0.15) is 18.5 Å². The lowest BCUT2D eigenvalue weighted by atomic mass is 10.0. The van der Waals surface area contributed by atoms with Gasteiger partial charge in [-0.2, -0.15) is 0 Å². The van der Waals surface area contributed by atoms with Crippen LogP contribution in [0.25, 0.3) is 0 Å². The van der Waals surface area contributed by atoms with E-state index >= 15 is 0 Å². The smallest absolute Gasteiger partial charge is 0.159 e. The maximum Gasteiger partial charge on any atom is 0.159 e. The third-order valence-electron chi connectivity index (χ3n) is 4.34. The van der Waals surface area contributed by atoms with Gasteiger partial charge in [0.25, 0.3) is 0 Å². The summed E-state index contributed by atoms with van der Waals surface area (Å²) in [4.78, 5) is 13.5. The van der Waals surface area contributed by atoms with E-state index in [1.807, 2.05) is 6.07 Å². The van der Waals surface area contributed by atoms with Crippen molar-refractivity contribution in [2.24, 2.45) is 0 Å². The number of ether oxygens (including phenoxy) is 1. The second-order valence-corrected chi connectivity index (χ2v) is 6.22. The van der Waals surface area contributed by atoms with Gasteiger partial charge in [-0.1, -0.05) is 18.2 Å². The lowest BCUT2D eigenvalue weighted by Gasteiger charge is -2.32. The average molecular weight is 325 g/mol. The summed E-state index contributed by atoms with van der Waals surface area (Å²) in [7, 11) is 0. The highest BCUT2D eigenvalue weighted by atomic mass is 16.5. The topological polar surface area (TPSA) is 49.8 Å². The Kier molecular flexibility index (Phi) is 5.16. The molecule has 2 aromatic carbocycles. The molecule has 126 valence electrons. The maximum absolute atomic E-state index is 11.3. The number of nitrogens with zero attached hydrogens (tertiary/aromatic N) is 1. The van der Waals surface area contributed by atoms with Crippen LogP contribution in [0.1, 0.15) is 29.3 Å². The number of anilines is 1. The van der Waals surface area contributed by atoms with Gasteiger partial charge >= 0.3 is 0 Å². The molecule has 0 aliphatic carbocycles. The Morgan fingerprint density at radius 1 is 1.21 bits per heavy atom. The molecule has 0 radical (unpaired) electrons. The number of β-amino-alcohol motifs (C(OH)–C–C–N with tert-alkyl or cyclic N) is 1. The molecule has 1 unspecified atom stereocenters. The maximum atomic E-state index is 11.3. The molecule has 0 spiro atoms. The Hall–Kier alpha value is -2.33. The molecule has 1 aliphatic rings. The summed E-state index contributed by atoms with van der Waals surface area (Å²) in [5.41, 5.74) is 3.22. The van der Waals surface area contributed by atoms with Crippen molar-refractivity contribution in [3.63, 3.8) is 0 Å². The van der Waals surface area contributed by atoms with E-state index in [2.05, 4.69) is 23.1 Å². The Balaban J connectivity index is 1.55. The molecule has 2 aromatic rings. The van der Waals surface area contributed by atoms with Crippen LogP contribution in [-0.2, 0) is 6.42 Å². The van der Waals surface area contributed by atoms with E-state index < -0.39 is 6.10 Å². The monoisotopic (exact) mass is 325 g/mol. The number of aliphatic hydroxyl groups excluding tert-OH is 1. The number of para-hydroxylation sites is 1. The molecule has 0 amide bonds.